The van der Waals surface area contributed by atoms with Gasteiger partial charge in [0.05, 0.1) is 13.2 Å². The molecule has 3 N–H and O–H groups in total. The van der Waals surface area contributed by atoms with E-state index < -0.39 is 0 Å². The third-order valence-corrected chi connectivity index (χ3v) is 3.31. The van der Waals surface area contributed by atoms with Crippen LogP contribution in [0, 0.1) is 5.92 Å². The summed E-state index contributed by atoms with van der Waals surface area (Å²) < 4.78 is 5.57. The van der Waals surface area contributed by atoms with E-state index >= 15 is 0 Å². The number of hydrogen-bond donors (Lipinski definition) is 3. The van der Waals surface area contributed by atoms with Crippen molar-refractivity contribution in [1.29, 1.82) is 0 Å². The molecule has 0 bridgehead atoms. The first kappa shape index (κ1) is 23.0. The monoisotopic (exact) mass is 449 g/mol. The van der Waals surface area contributed by atoms with E-state index in [0.29, 0.717) is 24.8 Å². The van der Waals surface area contributed by atoms with E-state index in [-0.39, 0.29) is 24.0 Å². The highest BCUT2D eigenvalue weighted by atomic mass is 127. The fraction of sp³-hybridized carbons (Fsp3) is 0.611. The molecule has 0 aliphatic rings. The van der Waals surface area contributed by atoms with Crippen molar-refractivity contribution >= 4 is 29.9 Å². The van der Waals surface area contributed by atoms with Gasteiger partial charge in [-0.15, -0.1) is 24.0 Å². The smallest absolute Gasteiger partial charge is 0.191 e. The van der Waals surface area contributed by atoms with Crippen molar-refractivity contribution in [3.8, 4) is 5.75 Å². The van der Waals surface area contributed by atoms with Gasteiger partial charge in [0.25, 0.3) is 0 Å². The average molecular weight is 449 g/mol. The second-order valence-electron chi connectivity index (χ2n) is 5.90. The zero-order valence-electron chi connectivity index (χ0n) is 15.0. The molecule has 0 spiro atoms. The van der Waals surface area contributed by atoms with Gasteiger partial charge in [-0.25, -0.2) is 0 Å². The Hall–Kier alpha value is -1.02. The molecule has 0 heterocycles. The van der Waals surface area contributed by atoms with Crippen molar-refractivity contribution in [3.63, 3.8) is 0 Å². The number of guanidine groups is 1. The summed E-state index contributed by atoms with van der Waals surface area (Å²) in [4.78, 5) is 4.50. The van der Waals surface area contributed by atoms with Crippen LogP contribution < -0.4 is 10.6 Å². The highest BCUT2D eigenvalue weighted by molar-refractivity contribution is 14.0. The van der Waals surface area contributed by atoms with Crippen molar-refractivity contribution in [2.75, 3.05) is 32.8 Å². The van der Waals surface area contributed by atoms with Crippen molar-refractivity contribution in [3.05, 3.63) is 29.8 Å². The van der Waals surface area contributed by atoms with Crippen molar-refractivity contribution in [2.24, 2.45) is 10.9 Å². The topological polar surface area (TPSA) is 65.9 Å². The van der Waals surface area contributed by atoms with Crippen LogP contribution in [0.1, 0.15) is 32.8 Å². The van der Waals surface area contributed by atoms with Gasteiger partial charge in [0, 0.05) is 19.7 Å². The number of nitrogens with one attached hydrogen (secondary N) is 2. The molecule has 0 aromatic heterocycles. The van der Waals surface area contributed by atoms with E-state index in [1.165, 1.54) is 0 Å². The number of rotatable bonds is 10. The second kappa shape index (κ2) is 14.3. The van der Waals surface area contributed by atoms with Crippen LogP contribution in [0.3, 0.4) is 0 Å². The predicted molar refractivity (Wildman–Crippen MR) is 111 cm³/mol. The molecule has 0 atom stereocenters. The number of phenolic OH excluding ortho intramolecular Hbond substituents is 1. The van der Waals surface area contributed by atoms with Gasteiger partial charge < -0.3 is 20.5 Å². The molecular weight excluding hydrogens is 417 g/mol. The lowest BCUT2D eigenvalue weighted by molar-refractivity contribution is 0.130. The van der Waals surface area contributed by atoms with Crippen LogP contribution in [0.15, 0.2) is 29.3 Å². The summed E-state index contributed by atoms with van der Waals surface area (Å²) in [5, 5.41) is 16.0. The maximum absolute atomic E-state index is 9.46. The lowest BCUT2D eigenvalue weighted by Gasteiger charge is -2.11. The van der Waals surface area contributed by atoms with E-state index in [0.717, 1.165) is 44.1 Å². The first-order valence-corrected chi connectivity index (χ1v) is 8.49. The highest BCUT2D eigenvalue weighted by Gasteiger charge is 1.99. The molecule has 1 aromatic carbocycles. The Balaban J connectivity index is 0.00000529. The van der Waals surface area contributed by atoms with Gasteiger partial charge in [0.2, 0.25) is 0 Å². The van der Waals surface area contributed by atoms with E-state index in [1.54, 1.807) is 12.1 Å². The SMILES string of the molecule is CCNC(=NCCOCCC(C)C)NCCc1cccc(O)c1.I. The molecule has 0 saturated carbocycles. The Morgan fingerprint density at radius 3 is 2.71 bits per heavy atom. The van der Waals surface area contributed by atoms with E-state index in [2.05, 4.69) is 29.5 Å². The van der Waals surface area contributed by atoms with Crippen LogP contribution >= 0.6 is 24.0 Å². The third kappa shape index (κ3) is 11.5. The zero-order valence-corrected chi connectivity index (χ0v) is 17.4. The standard InChI is InChI=1S/C18H31N3O2.HI/c1-4-19-18(21-11-13-23-12-9-15(2)3)20-10-8-16-6-5-7-17(22)14-16;/h5-7,14-15,22H,4,8-13H2,1-3H3,(H2,19,20,21);1H. The number of nitrogens with zero attached hydrogens (tertiary/aromatic N) is 1. The van der Waals surface area contributed by atoms with Crippen LogP contribution in [0.5, 0.6) is 5.75 Å². The van der Waals surface area contributed by atoms with Gasteiger partial charge in [-0.05, 0) is 43.4 Å². The maximum Gasteiger partial charge on any atom is 0.191 e. The second-order valence-corrected chi connectivity index (χ2v) is 5.90. The van der Waals surface area contributed by atoms with Gasteiger partial charge in [0.15, 0.2) is 5.96 Å². The van der Waals surface area contributed by atoms with Crippen molar-refractivity contribution < 1.29 is 9.84 Å². The van der Waals surface area contributed by atoms with E-state index in [1.807, 2.05) is 19.1 Å². The Morgan fingerprint density at radius 2 is 2.04 bits per heavy atom. The molecule has 0 aliphatic heterocycles. The van der Waals surface area contributed by atoms with Gasteiger partial charge in [0.1, 0.15) is 5.75 Å². The van der Waals surface area contributed by atoms with E-state index in [9.17, 15) is 5.11 Å². The maximum atomic E-state index is 9.46. The average Bonchev–Trinajstić information content (AvgIpc) is 2.50. The largest absolute Gasteiger partial charge is 0.508 e. The molecule has 0 aliphatic carbocycles. The predicted octanol–water partition coefficient (Wildman–Crippen LogP) is 3.17. The van der Waals surface area contributed by atoms with Crippen LogP contribution in [0.25, 0.3) is 0 Å². The Morgan fingerprint density at radius 1 is 1.25 bits per heavy atom. The molecule has 1 aromatic rings. The van der Waals surface area contributed by atoms with E-state index in [4.69, 9.17) is 4.74 Å². The Kier molecular flexibility index (Phi) is 13.7. The summed E-state index contributed by atoms with van der Waals surface area (Å²) in [7, 11) is 0. The van der Waals surface area contributed by atoms with Crippen LogP contribution in [0.2, 0.25) is 0 Å². The van der Waals surface area contributed by atoms with Gasteiger partial charge in [-0.3, -0.25) is 4.99 Å². The normalized spacial score (nSPS) is 11.2. The molecule has 0 saturated heterocycles. The number of hydrogen-bond acceptors (Lipinski definition) is 3. The number of halogens is 1. The van der Waals surface area contributed by atoms with Crippen LogP contribution in [0.4, 0.5) is 0 Å². The van der Waals surface area contributed by atoms with Gasteiger partial charge >= 0.3 is 0 Å². The van der Waals surface area contributed by atoms with Gasteiger partial charge in [-0.2, -0.15) is 0 Å². The fourth-order valence-electron chi connectivity index (χ4n) is 2.02. The molecule has 5 nitrogen and oxygen atoms in total. The summed E-state index contributed by atoms with van der Waals surface area (Å²) in [6, 6.07) is 7.34. The molecule has 0 radical (unpaired) electrons. The lowest BCUT2D eigenvalue weighted by Crippen LogP contribution is -2.38. The molecular formula is C18H32IN3O2. The number of aliphatic imine (C=N–C) groups is 1. The Labute approximate surface area is 163 Å². The molecule has 24 heavy (non-hydrogen) atoms. The van der Waals surface area contributed by atoms with Crippen LogP contribution in [-0.4, -0.2) is 43.9 Å². The van der Waals surface area contributed by atoms with Crippen molar-refractivity contribution in [2.45, 2.75) is 33.6 Å². The molecule has 1 rings (SSSR count). The lowest BCUT2D eigenvalue weighted by atomic mass is 10.1. The molecule has 0 fully saturated rings. The summed E-state index contributed by atoms with van der Waals surface area (Å²) in [5.74, 6) is 1.79. The molecule has 6 heteroatoms. The first-order chi connectivity index (χ1) is 11.1. The summed E-state index contributed by atoms with van der Waals surface area (Å²) in [5.41, 5.74) is 1.10. The summed E-state index contributed by atoms with van der Waals surface area (Å²) >= 11 is 0. The minimum absolute atomic E-state index is 0. The number of benzene rings is 1. The number of phenols is 1. The summed E-state index contributed by atoms with van der Waals surface area (Å²) in [6.07, 6.45) is 1.93. The minimum Gasteiger partial charge on any atom is -0.508 e. The Bertz CT molecular complexity index is 467. The van der Waals surface area contributed by atoms with Crippen molar-refractivity contribution in [1.82, 2.24) is 10.6 Å². The quantitative estimate of drug-likeness (QED) is 0.222. The first-order valence-electron chi connectivity index (χ1n) is 8.49. The minimum atomic E-state index is 0. The fourth-order valence-corrected chi connectivity index (χ4v) is 2.02. The molecule has 138 valence electrons. The van der Waals surface area contributed by atoms with Crippen LogP contribution in [-0.2, 0) is 11.2 Å². The molecule has 0 unspecified atom stereocenters. The zero-order chi connectivity index (χ0) is 16.9. The number of ether oxygens (including phenoxy) is 1. The number of aromatic hydroxyl groups is 1. The van der Waals surface area contributed by atoms with Gasteiger partial charge in [-0.1, -0.05) is 26.0 Å². The molecule has 0 amide bonds. The third-order valence-electron chi connectivity index (χ3n) is 3.31. The summed E-state index contributed by atoms with van der Waals surface area (Å²) in [6.45, 7) is 10.1. The highest BCUT2D eigenvalue weighted by Crippen LogP contribution is 2.10.